The monoisotopic (exact) mass is 242 g/mol. The maximum atomic E-state index is 5.83. The Balaban J connectivity index is 2.31. The molecule has 0 aromatic carbocycles. The molecule has 0 aromatic rings. The van der Waals surface area contributed by atoms with E-state index in [4.69, 9.17) is 4.74 Å². The van der Waals surface area contributed by atoms with E-state index in [1.165, 1.54) is 32.4 Å². The molecule has 0 amide bonds. The highest BCUT2D eigenvalue weighted by molar-refractivity contribution is 4.78. The van der Waals surface area contributed by atoms with Gasteiger partial charge in [0.1, 0.15) is 0 Å². The molecule has 1 unspecified atom stereocenters. The Labute approximate surface area is 107 Å². The second-order valence-corrected chi connectivity index (χ2v) is 6.00. The lowest BCUT2D eigenvalue weighted by Crippen LogP contribution is -2.47. The molecule has 0 aromatic heterocycles. The SMILES string of the molecule is CCCN(CCOC(C)(C)C)C1CCCNC1. The molecule has 1 aliphatic rings. The number of nitrogens with one attached hydrogen (secondary N) is 1. The molecule has 0 aliphatic carbocycles. The molecular weight excluding hydrogens is 212 g/mol. The summed E-state index contributed by atoms with van der Waals surface area (Å²) in [6.45, 7) is 14.1. The predicted octanol–water partition coefficient (Wildman–Crippen LogP) is 2.27. The lowest BCUT2D eigenvalue weighted by molar-refractivity contribution is -0.0189. The van der Waals surface area contributed by atoms with E-state index in [1.807, 2.05) is 0 Å². The Hall–Kier alpha value is -0.120. The van der Waals surface area contributed by atoms with Gasteiger partial charge in [-0.05, 0) is 53.1 Å². The average Bonchev–Trinajstić information content (AvgIpc) is 2.27. The molecule has 102 valence electrons. The summed E-state index contributed by atoms with van der Waals surface area (Å²) in [6, 6.07) is 0.715. The summed E-state index contributed by atoms with van der Waals surface area (Å²) >= 11 is 0. The molecule has 1 rings (SSSR count). The van der Waals surface area contributed by atoms with Crippen LogP contribution in [-0.2, 0) is 4.74 Å². The maximum absolute atomic E-state index is 5.83. The minimum absolute atomic E-state index is 0.0112. The Kier molecular flexibility index (Phi) is 6.45. The Bertz CT molecular complexity index is 195. The van der Waals surface area contributed by atoms with Crippen molar-refractivity contribution in [1.82, 2.24) is 10.2 Å². The van der Waals surface area contributed by atoms with Gasteiger partial charge in [-0.15, -0.1) is 0 Å². The number of nitrogens with zero attached hydrogens (tertiary/aromatic N) is 1. The zero-order chi connectivity index (χ0) is 12.7. The van der Waals surface area contributed by atoms with Gasteiger partial charge in [-0.1, -0.05) is 6.92 Å². The zero-order valence-corrected chi connectivity index (χ0v) is 12.1. The number of rotatable bonds is 6. The first-order valence-corrected chi connectivity index (χ1v) is 7.11. The van der Waals surface area contributed by atoms with Gasteiger partial charge in [0.2, 0.25) is 0 Å². The van der Waals surface area contributed by atoms with E-state index in [1.54, 1.807) is 0 Å². The summed E-state index contributed by atoms with van der Waals surface area (Å²) in [5.41, 5.74) is -0.0112. The first kappa shape index (κ1) is 14.9. The van der Waals surface area contributed by atoms with Crippen molar-refractivity contribution in [3.63, 3.8) is 0 Å². The van der Waals surface area contributed by atoms with Crippen molar-refractivity contribution >= 4 is 0 Å². The second kappa shape index (κ2) is 7.34. The van der Waals surface area contributed by atoms with Crippen molar-refractivity contribution < 1.29 is 4.74 Å². The third kappa shape index (κ3) is 6.39. The smallest absolute Gasteiger partial charge is 0.0600 e. The molecule has 1 N–H and O–H groups in total. The minimum Gasteiger partial charge on any atom is -0.375 e. The van der Waals surface area contributed by atoms with Crippen molar-refractivity contribution in [2.24, 2.45) is 0 Å². The fourth-order valence-corrected chi connectivity index (χ4v) is 2.38. The second-order valence-electron chi connectivity index (χ2n) is 6.00. The average molecular weight is 242 g/mol. The number of piperidine rings is 1. The van der Waals surface area contributed by atoms with Crippen LogP contribution in [0.25, 0.3) is 0 Å². The lowest BCUT2D eigenvalue weighted by atomic mass is 10.1. The van der Waals surface area contributed by atoms with Crippen LogP contribution in [0.2, 0.25) is 0 Å². The van der Waals surface area contributed by atoms with E-state index in [9.17, 15) is 0 Å². The van der Waals surface area contributed by atoms with Gasteiger partial charge < -0.3 is 10.1 Å². The normalized spacial score (nSPS) is 22.1. The van der Waals surface area contributed by atoms with E-state index in [0.29, 0.717) is 6.04 Å². The van der Waals surface area contributed by atoms with Crippen LogP contribution < -0.4 is 5.32 Å². The highest BCUT2D eigenvalue weighted by atomic mass is 16.5. The van der Waals surface area contributed by atoms with Crippen LogP contribution in [-0.4, -0.2) is 49.3 Å². The molecule has 3 nitrogen and oxygen atoms in total. The molecule has 1 heterocycles. The van der Waals surface area contributed by atoms with E-state index in [2.05, 4.69) is 37.9 Å². The van der Waals surface area contributed by atoms with Crippen LogP contribution in [0.15, 0.2) is 0 Å². The van der Waals surface area contributed by atoms with Gasteiger partial charge in [-0.3, -0.25) is 4.90 Å². The van der Waals surface area contributed by atoms with Crippen LogP contribution in [0.4, 0.5) is 0 Å². The van der Waals surface area contributed by atoms with Crippen molar-refractivity contribution in [3.8, 4) is 0 Å². The quantitative estimate of drug-likeness (QED) is 0.773. The molecule has 0 spiro atoms. The standard InChI is InChI=1S/C14H30N2O/c1-5-9-16(10-11-17-14(2,3)4)13-7-6-8-15-12-13/h13,15H,5-12H2,1-4H3. The maximum Gasteiger partial charge on any atom is 0.0600 e. The van der Waals surface area contributed by atoms with Crippen molar-refractivity contribution in [1.29, 1.82) is 0 Å². The Morgan fingerprint density at radius 3 is 2.59 bits per heavy atom. The fourth-order valence-electron chi connectivity index (χ4n) is 2.38. The third-order valence-electron chi connectivity index (χ3n) is 3.21. The number of ether oxygens (including phenoxy) is 1. The summed E-state index contributed by atoms with van der Waals surface area (Å²) < 4.78 is 5.83. The molecule has 3 heteroatoms. The van der Waals surface area contributed by atoms with Crippen molar-refractivity contribution in [2.45, 2.75) is 58.6 Å². The van der Waals surface area contributed by atoms with Gasteiger partial charge in [0.05, 0.1) is 12.2 Å². The van der Waals surface area contributed by atoms with Gasteiger partial charge in [-0.2, -0.15) is 0 Å². The van der Waals surface area contributed by atoms with Crippen LogP contribution >= 0.6 is 0 Å². The van der Waals surface area contributed by atoms with Gasteiger partial charge in [-0.25, -0.2) is 0 Å². The molecular formula is C14H30N2O. The highest BCUT2D eigenvalue weighted by Crippen LogP contribution is 2.12. The molecule has 17 heavy (non-hydrogen) atoms. The van der Waals surface area contributed by atoms with E-state index in [-0.39, 0.29) is 5.60 Å². The molecule has 1 fully saturated rings. The van der Waals surface area contributed by atoms with Crippen molar-refractivity contribution in [2.75, 3.05) is 32.8 Å². The minimum atomic E-state index is -0.0112. The summed E-state index contributed by atoms with van der Waals surface area (Å²) in [5.74, 6) is 0. The largest absolute Gasteiger partial charge is 0.375 e. The van der Waals surface area contributed by atoms with Gasteiger partial charge >= 0.3 is 0 Å². The molecule has 0 saturated carbocycles. The topological polar surface area (TPSA) is 24.5 Å². The van der Waals surface area contributed by atoms with Crippen molar-refractivity contribution in [3.05, 3.63) is 0 Å². The Morgan fingerprint density at radius 1 is 1.29 bits per heavy atom. The first-order valence-electron chi connectivity index (χ1n) is 7.11. The summed E-state index contributed by atoms with van der Waals surface area (Å²) in [5, 5.41) is 3.50. The third-order valence-corrected chi connectivity index (χ3v) is 3.21. The zero-order valence-electron chi connectivity index (χ0n) is 12.1. The van der Waals surface area contributed by atoms with Gasteiger partial charge in [0.15, 0.2) is 0 Å². The molecule has 0 bridgehead atoms. The molecule has 1 aliphatic heterocycles. The highest BCUT2D eigenvalue weighted by Gasteiger charge is 2.20. The Morgan fingerprint density at radius 2 is 2.06 bits per heavy atom. The van der Waals surface area contributed by atoms with E-state index >= 15 is 0 Å². The fraction of sp³-hybridized carbons (Fsp3) is 1.00. The van der Waals surface area contributed by atoms with Crippen LogP contribution in [0.5, 0.6) is 0 Å². The van der Waals surface area contributed by atoms with Gasteiger partial charge in [0, 0.05) is 19.1 Å². The summed E-state index contributed by atoms with van der Waals surface area (Å²) in [7, 11) is 0. The predicted molar refractivity (Wildman–Crippen MR) is 73.5 cm³/mol. The molecule has 1 saturated heterocycles. The van der Waals surface area contributed by atoms with Crippen LogP contribution in [0.1, 0.15) is 47.0 Å². The summed E-state index contributed by atoms with van der Waals surface area (Å²) in [6.07, 6.45) is 3.87. The van der Waals surface area contributed by atoms with Crippen LogP contribution in [0.3, 0.4) is 0 Å². The summed E-state index contributed by atoms with van der Waals surface area (Å²) in [4.78, 5) is 2.60. The first-order chi connectivity index (χ1) is 8.03. The van der Waals surface area contributed by atoms with E-state index in [0.717, 1.165) is 19.7 Å². The van der Waals surface area contributed by atoms with Gasteiger partial charge in [0.25, 0.3) is 0 Å². The number of hydrogen-bond donors (Lipinski definition) is 1. The molecule has 0 radical (unpaired) electrons. The molecule has 1 atom stereocenters. The van der Waals surface area contributed by atoms with E-state index < -0.39 is 0 Å². The van der Waals surface area contributed by atoms with Crippen LogP contribution in [0, 0.1) is 0 Å². The lowest BCUT2D eigenvalue weighted by Gasteiger charge is -2.35. The number of hydrogen-bond acceptors (Lipinski definition) is 3.